The summed E-state index contributed by atoms with van der Waals surface area (Å²) >= 11 is 0. The Bertz CT molecular complexity index is 1000. The van der Waals surface area contributed by atoms with Gasteiger partial charge in [-0.25, -0.2) is 30.3 Å². The van der Waals surface area contributed by atoms with Gasteiger partial charge < -0.3 is 0 Å². The molecule has 0 amide bonds. The number of nitrogens with one attached hydrogen (secondary N) is 1. The largest absolute Gasteiger partial charge is 0.243 e. The Kier molecular flexibility index (Phi) is 6.68. The number of halogens is 2. The van der Waals surface area contributed by atoms with Crippen LogP contribution in [0.3, 0.4) is 0 Å². The SMILES string of the molecule is CCN(CC)S(=O)(=O)c1ccc(CNS(=O)(=O)c2cc(F)ccc2F)cc1. The Morgan fingerprint density at radius 3 is 2.07 bits per heavy atom. The molecule has 1 N–H and O–H groups in total. The van der Waals surface area contributed by atoms with Gasteiger partial charge in [0.15, 0.2) is 0 Å². The molecule has 148 valence electrons. The molecule has 0 saturated carbocycles. The molecule has 0 atom stereocenters. The molecule has 0 fully saturated rings. The van der Waals surface area contributed by atoms with Crippen LogP contribution in [0.1, 0.15) is 19.4 Å². The van der Waals surface area contributed by atoms with E-state index < -0.39 is 36.6 Å². The first-order valence-electron chi connectivity index (χ1n) is 8.15. The van der Waals surface area contributed by atoms with Crippen molar-refractivity contribution in [1.82, 2.24) is 9.03 Å². The van der Waals surface area contributed by atoms with Crippen LogP contribution in [-0.4, -0.2) is 34.2 Å². The van der Waals surface area contributed by atoms with Gasteiger partial charge >= 0.3 is 0 Å². The highest BCUT2D eigenvalue weighted by molar-refractivity contribution is 7.89. The highest BCUT2D eigenvalue weighted by atomic mass is 32.2. The van der Waals surface area contributed by atoms with Crippen molar-refractivity contribution in [3.8, 4) is 0 Å². The molecule has 2 aromatic rings. The lowest BCUT2D eigenvalue weighted by Gasteiger charge is -2.18. The molecule has 0 radical (unpaired) electrons. The molecule has 6 nitrogen and oxygen atoms in total. The van der Waals surface area contributed by atoms with E-state index in [1.54, 1.807) is 13.8 Å². The molecule has 0 spiro atoms. The van der Waals surface area contributed by atoms with Crippen LogP contribution in [0.25, 0.3) is 0 Å². The van der Waals surface area contributed by atoms with E-state index in [1.807, 2.05) is 0 Å². The van der Waals surface area contributed by atoms with Gasteiger partial charge in [-0.1, -0.05) is 26.0 Å². The first kappa shape index (κ1) is 21.4. The van der Waals surface area contributed by atoms with E-state index in [0.717, 1.165) is 12.1 Å². The molecule has 0 saturated heterocycles. The zero-order chi connectivity index (χ0) is 20.2. The van der Waals surface area contributed by atoms with E-state index in [0.29, 0.717) is 24.7 Å². The van der Waals surface area contributed by atoms with Crippen LogP contribution < -0.4 is 4.72 Å². The molecule has 2 rings (SSSR count). The van der Waals surface area contributed by atoms with E-state index in [-0.39, 0.29) is 11.4 Å². The zero-order valence-electron chi connectivity index (χ0n) is 14.8. The first-order chi connectivity index (χ1) is 12.6. The summed E-state index contributed by atoms with van der Waals surface area (Å²) in [4.78, 5) is -0.697. The molecule has 0 aliphatic carbocycles. The summed E-state index contributed by atoms with van der Waals surface area (Å²) in [7, 11) is -7.87. The quantitative estimate of drug-likeness (QED) is 0.714. The molecule has 0 aliphatic rings. The van der Waals surface area contributed by atoms with Crippen LogP contribution in [0.15, 0.2) is 52.3 Å². The van der Waals surface area contributed by atoms with Crippen molar-refractivity contribution in [2.75, 3.05) is 13.1 Å². The molecule has 27 heavy (non-hydrogen) atoms. The lowest BCUT2D eigenvalue weighted by molar-refractivity contribution is 0.445. The van der Waals surface area contributed by atoms with E-state index in [2.05, 4.69) is 4.72 Å². The molecule has 0 heterocycles. The van der Waals surface area contributed by atoms with Crippen LogP contribution in [-0.2, 0) is 26.6 Å². The third-order valence-corrected chi connectivity index (χ3v) is 7.40. The fraction of sp³-hybridized carbons (Fsp3) is 0.294. The third kappa shape index (κ3) is 4.89. The Morgan fingerprint density at radius 1 is 0.926 bits per heavy atom. The molecule has 0 bridgehead atoms. The lowest BCUT2D eigenvalue weighted by Crippen LogP contribution is -2.30. The maximum atomic E-state index is 13.7. The van der Waals surface area contributed by atoms with E-state index in [1.165, 1.54) is 28.6 Å². The standard InChI is InChI=1S/C17H20F2N2O4S2/c1-3-21(4-2)27(24,25)15-8-5-13(6-9-15)12-20-26(22,23)17-11-14(18)7-10-16(17)19/h5-11,20H,3-4,12H2,1-2H3. The summed E-state index contributed by atoms with van der Waals surface area (Å²) < 4.78 is 79.5. The van der Waals surface area contributed by atoms with Gasteiger partial charge in [0.2, 0.25) is 20.0 Å². The molecule has 0 aromatic heterocycles. The molecular weight excluding hydrogens is 398 g/mol. The maximum absolute atomic E-state index is 13.7. The highest BCUT2D eigenvalue weighted by Gasteiger charge is 2.22. The highest BCUT2D eigenvalue weighted by Crippen LogP contribution is 2.18. The Hall–Kier alpha value is -1.88. The van der Waals surface area contributed by atoms with Gasteiger partial charge in [0, 0.05) is 19.6 Å². The second-order valence-electron chi connectivity index (χ2n) is 5.63. The number of sulfonamides is 2. The van der Waals surface area contributed by atoms with Gasteiger partial charge in [-0.3, -0.25) is 0 Å². The third-order valence-electron chi connectivity index (χ3n) is 3.92. The minimum Gasteiger partial charge on any atom is -0.207 e. The van der Waals surface area contributed by atoms with Crippen molar-refractivity contribution in [3.05, 3.63) is 59.7 Å². The lowest BCUT2D eigenvalue weighted by atomic mass is 10.2. The Morgan fingerprint density at radius 2 is 1.52 bits per heavy atom. The number of hydrogen-bond acceptors (Lipinski definition) is 4. The van der Waals surface area contributed by atoms with E-state index >= 15 is 0 Å². The fourth-order valence-electron chi connectivity index (χ4n) is 2.43. The second-order valence-corrected chi connectivity index (χ2v) is 9.31. The predicted molar refractivity (Wildman–Crippen MR) is 96.9 cm³/mol. The van der Waals surface area contributed by atoms with Crippen molar-refractivity contribution in [1.29, 1.82) is 0 Å². The van der Waals surface area contributed by atoms with Gasteiger partial charge in [0.25, 0.3) is 0 Å². The normalized spacial score (nSPS) is 12.5. The van der Waals surface area contributed by atoms with Crippen LogP contribution >= 0.6 is 0 Å². The average Bonchev–Trinajstić information content (AvgIpc) is 2.63. The van der Waals surface area contributed by atoms with Crippen molar-refractivity contribution in [2.24, 2.45) is 0 Å². The summed E-state index contributed by atoms with van der Waals surface area (Å²) in [5, 5.41) is 0. The van der Waals surface area contributed by atoms with Crippen LogP contribution in [0.4, 0.5) is 8.78 Å². The summed E-state index contributed by atoms with van der Waals surface area (Å²) in [6.45, 7) is 3.93. The van der Waals surface area contributed by atoms with Gasteiger partial charge in [0.1, 0.15) is 16.5 Å². The summed E-state index contributed by atoms with van der Waals surface area (Å²) in [5.74, 6) is -1.94. The smallest absolute Gasteiger partial charge is 0.207 e. The van der Waals surface area contributed by atoms with Crippen molar-refractivity contribution < 1.29 is 25.6 Å². The Balaban J connectivity index is 2.17. The second kappa shape index (κ2) is 8.42. The number of nitrogens with zero attached hydrogens (tertiary/aromatic N) is 1. The van der Waals surface area contributed by atoms with Crippen LogP contribution in [0.2, 0.25) is 0 Å². The van der Waals surface area contributed by atoms with Crippen molar-refractivity contribution in [2.45, 2.75) is 30.2 Å². The number of hydrogen-bond donors (Lipinski definition) is 1. The molecule has 0 aliphatic heterocycles. The first-order valence-corrected chi connectivity index (χ1v) is 11.1. The molecule has 0 unspecified atom stereocenters. The summed E-state index contributed by atoms with van der Waals surface area (Å²) in [6, 6.07) is 7.82. The van der Waals surface area contributed by atoms with Gasteiger partial charge in [-0.2, -0.15) is 4.31 Å². The zero-order valence-corrected chi connectivity index (χ0v) is 16.4. The summed E-state index contributed by atoms with van der Waals surface area (Å²) in [6.07, 6.45) is 0. The number of rotatable bonds is 8. The predicted octanol–water partition coefficient (Wildman–Crippen LogP) is 2.47. The molecule has 10 heteroatoms. The number of benzene rings is 2. The van der Waals surface area contributed by atoms with Crippen LogP contribution in [0, 0.1) is 11.6 Å². The van der Waals surface area contributed by atoms with Gasteiger partial charge in [-0.05, 0) is 35.9 Å². The maximum Gasteiger partial charge on any atom is 0.243 e. The van der Waals surface area contributed by atoms with Crippen molar-refractivity contribution >= 4 is 20.0 Å². The van der Waals surface area contributed by atoms with Gasteiger partial charge in [0.05, 0.1) is 4.90 Å². The molecule has 2 aromatic carbocycles. The van der Waals surface area contributed by atoms with Crippen molar-refractivity contribution in [3.63, 3.8) is 0 Å². The monoisotopic (exact) mass is 418 g/mol. The minimum atomic E-state index is -4.26. The average molecular weight is 418 g/mol. The molecular formula is C17H20F2N2O4S2. The minimum absolute atomic E-state index is 0.0917. The van der Waals surface area contributed by atoms with E-state index in [4.69, 9.17) is 0 Å². The van der Waals surface area contributed by atoms with Gasteiger partial charge in [-0.15, -0.1) is 0 Å². The van der Waals surface area contributed by atoms with Crippen LogP contribution in [0.5, 0.6) is 0 Å². The van der Waals surface area contributed by atoms with E-state index in [9.17, 15) is 25.6 Å². The summed E-state index contributed by atoms with van der Waals surface area (Å²) in [5.41, 5.74) is 0.467. The topological polar surface area (TPSA) is 83.6 Å². The Labute approximate surface area is 157 Å². The fourth-order valence-corrected chi connectivity index (χ4v) is 4.99.